The van der Waals surface area contributed by atoms with Crippen molar-refractivity contribution in [2.75, 3.05) is 0 Å². The number of nitrogens with one attached hydrogen (secondary N) is 4. The smallest absolute Gasteiger partial charge is 0.328 e. The third-order valence-electron chi connectivity index (χ3n) is 4.93. The van der Waals surface area contributed by atoms with Gasteiger partial charge in [0.2, 0.25) is 11.8 Å². The van der Waals surface area contributed by atoms with Crippen molar-refractivity contribution in [3.05, 3.63) is 71.8 Å². The predicted molar refractivity (Wildman–Crippen MR) is 94.1 cm³/mol. The van der Waals surface area contributed by atoms with E-state index in [-0.39, 0.29) is 0 Å². The fraction of sp³-hybridized carbons (Fsp3) is 0.158. The van der Waals surface area contributed by atoms with Crippen molar-refractivity contribution in [2.45, 2.75) is 12.1 Å². The van der Waals surface area contributed by atoms with Crippen LogP contribution in [0.5, 0.6) is 0 Å². The number of benzene rings is 2. The topological polar surface area (TPSA) is 116 Å². The Morgan fingerprint density at radius 2 is 1.00 bits per heavy atom. The summed E-state index contributed by atoms with van der Waals surface area (Å²) in [6, 6.07) is 14.1. The molecule has 0 bridgehead atoms. The van der Waals surface area contributed by atoms with Crippen LogP contribution in [-0.2, 0) is 9.59 Å². The van der Waals surface area contributed by atoms with Gasteiger partial charge in [-0.25, -0.2) is 9.59 Å². The first-order valence-corrected chi connectivity index (χ1v) is 8.37. The SMILES string of the molecule is O=C1NC(=O)C2(C(=O)N1)[C@@H](c1ccccc1)NC(=O)N[C@@H]2c1ccccc1. The van der Waals surface area contributed by atoms with Crippen LogP contribution in [0.1, 0.15) is 23.2 Å². The summed E-state index contributed by atoms with van der Waals surface area (Å²) in [6.45, 7) is 0. The molecule has 8 heteroatoms. The number of carbonyl (C=O) groups is 4. The second-order valence-electron chi connectivity index (χ2n) is 6.41. The first-order valence-electron chi connectivity index (χ1n) is 8.37. The van der Waals surface area contributed by atoms with Crippen LogP contribution < -0.4 is 21.3 Å². The van der Waals surface area contributed by atoms with Gasteiger partial charge in [0.15, 0.2) is 5.41 Å². The highest BCUT2D eigenvalue weighted by Gasteiger charge is 2.64. The molecular weight excluding hydrogens is 348 g/mol. The monoisotopic (exact) mass is 364 g/mol. The van der Waals surface area contributed by atoms with E-state index in [2.05, 4.69) is 21.3 Å². The van der Waals surface area contributed by atoms with Crippen LogP contribution >= 0.6 is 0 Å². The fourth-order valence-corrected chi connectivity index (χ4v) is 3.75. The molecule has 2 aromatic carbocycles. The van der Waals surface area contributed by atoms with Crippen LogP contribution in [-0.4, -0.2) is 23.9 Å². The zero-order valence-electron chi connectivity index (χ0n) is 14.1. The first-order chi connectivity index (χ1) is 13.0. The van der Waals surface area contributed by atoms with Crippen molar-refractivity contribution >= 4 is 23.9 Å². The first kappa shape index (κ1) is 16.8. The summed E-state index contributed by atoms with van der Waals surface area (Å²) >= 11 is 0. The Kier molecular flexibility index (Phi) is 3.88. The van der Waals surface area contributed by atoms with E-state index in [9.17, 15) is 19.2 Å². The lowest BCUT2D eigenvalue weighted by molar-refractivity contribution is -0.150. The summed E-state index contributed by atoms with van der Waals surface area (Å²) in [7, 11) is 0. The Bertz CT molecular complexity index is 856. The number of barbiturate groups is 1. The summed E-state index contributed by atoms with van der Waals surface area (Å²) in [5.74, 6) is -1.54. The van der Waals surface area contributed by atoms with E-state index >= 15 is 0 Å². The lowest BCUT2D eigenvalue weighted by Gasteiger charge is -2.48. The molecule has 136 valence electrons. The van der Waals surface area contributed by atoms with E-state index in [0.717, 1.165) is 0 Å². The van der Waals surface area contributed by atoms with E-state index in [0.29, 0.717) is 11.1 Å². The average Bonchev–Trinajstić information content (AvgIpc) is 2.67. The minimum absolute atomic E-state index is 0.513. The number of carbonyl (C=O) groups excluding carboxylic acids is 4. The summed E-state index contributed by atoms with van der Waals surface area (Å²) in [4.78, 5) is 50.2. The molecule has 27 heavy (non-hydrogen) atoms. The van der Waals surface area contributed by atoms with Gasteiger partial charge in [-0.3, -0.25) is 20.2 Å². The minimum atomic E-state index is -1.79. The second-order valence-corrected chi connectivity index (χ2v) is 6.41. The molecule has 0 aliphatic carbocycles. The molecule has 0 unspecified atom stereocenters. The molecule has 2 atom stereocenters. The Morgan fingerprint density at radius 1 is 0.593 bits per heavy atom. The van der Waals surface area contributed by atoms with Gasteiger partial charge in [-0.05, 0) is 11.1 Å². The van der Waals surface area contributed by atoms with Gasteiger partial charge in [0.1, 0.15) is 0 Å². The lowest BCUT2D eigenvalue weighted by Crippen LogP contribution is -2.73. The fourth-order valence-electron chi connectivity index (χ4n) is 3.75. The largest absolute Gasteiger partial charge is 0.330 e. The molecule has 2 fully saturated rings. The number of imide groups is 2. The summed E-state index contributed by atoms with van der Waals surface area (Å²) in [5, 5.41) is 9.74. The molecule has 2 aliphatic heterocycles. The molecule has 6 amide bonds. The zero-order valence-corrected chi connectivity index (χ0v) is 14.1. The van der Waals surface area contributed by atoms with Crippen molar-refractivity contribution in [3.8, 4) is 0 Å². The lowest BCUT2D eigenvalue weighted by atomic mass is 9.65. The Morgan fingerprint density at radius 3 is 1.41 bits per heavy atom. The van der Waals surface area contributed by atoms with E-state index < -0.39 is 41.4 Å². The predicted octanol–water partition coefficient (Wildman–Crippen LogP) is 1.13. The van der Waals surface area contributed by atoms with Crippen LogP contribution in [0.25, 0.3) is 0 Å². The highest BCUT2D eigenvalue weighted by atomic mass is 16.2. The van der Waals surface area contributed by atoms with Crippen molar-refractivity contribution in [3.63, 3.8) is 0 Å². The second kappa shape index (κ2) is 6.24. The summed E-state index contributed by atoms with van der Waals surface area (Å²) in [6.07, 6.45) is 0. The van der Waals surface area contributed by atoms with E-state index in [1.807, 2.05) is 0 Å². The van der Waals surface area contributed by atoms with Crippen molar-refractivity contribution in [2.24, 2.45) is 5.41 Å². The van der Waals surface area contributed by atoms with Gasteiger partial charge < -0.3 is 10.6 Å². The molecule has 2 aliphatic rings. The maximum atomic E-state index is 13.1. The van der Waals surface area contributed by atoms with E-state index in [1.165, 1.54) is 0 Å². The van der Waals surface area contributed by atoms with Gasteiger partial charge in [-0.15, -0.1) is 0 Å². The quantitative estimate of drug-likeness (QED) is 0.598. The third-order valence-corrected chi connectivity index (χ3v) is 4.93. The maximum absolute atomic E-state index is 13.1. The van der Waals surface area contributed by atoms with Gasteiger partial charge in [0.05, 0.1) is 12.1 Å². The number of urea groups is 2. The average molecular weight is 364 g/mol. The summed E-state index contributed by atoms with van der Waals surface area (Å²) < 4.78 is 0. The molecule has 0 saturated carbocycles. The van der Waals surface area contributed by atoms with E-state index in [4.69, 9.17) is 0 Å². The van der Waals surface area contributed by atoms with Crippen LogP contribution in [0.3, 0.4) is 0 Å². The molecule has 0 radical (unpaired) electrons. The Hall–Kier alpha value is -3.68. The molecule has 2 heterocycles. The molecule has 0 aromatic heterocycles. The van der Waals surface area contributed by atoms with Gasteiger partial charge in [-0.1, -0.05) is 60.7 Å². The number of hydrogen-bond donors (Lipinski definition) is 4. The highest BCUT2D eigenvalue weighted by Crippen LogP contribution is 2.48. The molecule has 1 spiro atoms. The number of amides is 6. The standard InChI is InChI=1S/C19H16N4O4/c24-15-19(16(25)23-18(27)22-15)13(11-7-3-1-4-8-11)20-17(26)21-14(19)12-9-5-2-6-10-12/h1-10,13-14H,(H2,20,21,26)(H2,22,23,24,25,27)/t13-,14-/m1/s1. The number of rotatable bonds is 2. The van der Waals surface area contributed by atoms with Crippen molar-refractivity contribution in [1.82, 2.24) is 21.3 Å². The third kappa shape index (κ3) is 2.53. The van der Waals surface area contributed by atoms with Crippen molar-refractivity contribution < 1.29 is 19.2 Å². The highest BCUT2D eigenvalue weighted by molar-refractivity contribution is 6.21. The Balaban J connectivity index is 1.95. The van der Waals surface area contributed by atoms with Crippen molar-refractivity contribution in [1.29, 1.82) is 0 Å². The summed E-state index contributed by atoms with van der Waals surface area (Å²) in [5.41, 5.74) is -0.634. The zero-order chi connectivity index (χ0) is 19.0. The van der Waals surface area contributed by atoms with Crippen LogP contribution in [0.4, 0.5) is 9.59 Å². The van der Waals surface area contributed by atoms with Gasteiger partial charge in [0.25, 0.3) is 0 Å². The molecule has 8 nitrogen and oxygen atoms in total. The number of hydrogen-bond acceptors (Lipinski definition) is 4. The van der Waals surface area contributed by atoms with Gasteiger partial charge in [0, 0.05) is 0 Å². The van der Waals surface area contributed by atoms with E-state index in [1.54, 1.807) is 60.7 Å². The molecule has 2 aromatic rings. The molecule has 2 saturated heterocycles. The molecule has 4 N–H and O–H groups in total. The van der Waals surface area contributed by atoms with Gasteiger partial charge in [-0.2, -0.15) is 0 Å². The Labute approximate surface area is 154 Å². The van der Waals surface area contributed by atoms with Gasteiger partial charge >= 0.3 is 12.1 Å². The molecule has 4 rings (SSSR count). The van der Waals surface area contributed by atoms with Crippen LogP contribution in [0.15, 0.2) is 60.7 Å². The van der Waals surface area contributed by atoms with Crippen LogP contribution in [0.2, 0.25) is 0 Å². The molecular formula is C19H16N4O4. The van der Waals surface area contributed by atoms with Crippen LogP contribution in [0, 0.1) is 5.41 Å². The maximum Gasteiger partial charge on any atom is 0.328 e. The normalized spacial score (nSPS) is 23.9. The minimum Gasteiger partial charge on any atom is -0.330 e.